The van der Waals surface area contributed by atoms with Crippen LogP contribution in [-0.4, -0.2) is 36.3 Å². The van der Waals surface area contributed by atoms with Crippen molar-refractivity contribution in [1.29, 1.82) is 0 Å². The van der Waals surface area contributed by atoms with Gasteiger partial charge in [0.25, 0.3) is 0 Å². The molecule has 17 heavy (non-hydrogen) atoms. The van der Waals surface area contributed by atoms with Gasteiger partial charge in [-0.2, -0.15) is 0 Å². The topological polar surface area (TPSA) is 49.4 Å². The van der Waals surface area contributed by atoms with Crippen molar-refractivity contribution in [3.63, 3.8) is 0 Å². The van der Waals surface area contributed by atoms with E-state index in [0.717, 1.165) is 25.4 Å². The highest BCUT2D eigenvalue weighted by molar-refractivity contribution is 5.83. The first kappa shape index (κ1) is 12.4. The average Bonchev–Trinajstić information content (AvgIpc) is 2.83. The largest absolute Gasteiger partial charge is 0.347 e. The lowest BCUT2D eigenvalue weighted by Crippen LogP contribution is -2.39. The molecule has 1 N–H and O–H groups in total. The normalized spacial score (nSPS) is 32.1. The third kappa shape index (κ3) is 2.79. The summed E-state index contributed by atoms with van der Waals surface area (Å²) in [4.78, 5) is 24.6. The van der Waals surface area contributed by atoms with E-state index in [2.05, 4.69) is 12.2 Å². The maximum absolute atomic E-state index is 11.9. The number of hydrogen-bond donors (Lipinski definition) is 1. The van der Waals surface area contributed by atoms with Crippen molar-refractivity contribution in [1.82, 2.24) is 10.2 Å². The Morgan fingerprint density at radius 3 is 2.76 bits per heavy atom. The highest BCUT2D eigenvalue weighted by Gasteiger charge is 2.43. The molecule has 1 spiro atoms. The van der Waals surface area contributed by atoms with Crippen LogP contribution in [0.5, 0.6) is 0 Å². The number of nitrogens with one attached hydrogen (secondary N) is 1. The molecule has 0 aromatic carbocycles. The Kier molecular flexibility index (Phi) is 3.40. The lowest BCUT2D eigenvalue weighted by molar-refractivity contribution is -0.131. The standard InChI is InChI=1S/C13H22N2O2/c1-10-3-4-13(7-10)5-6-15(9-13)12(17)8-14-11(2)16/h10H,3-9H2,1-2H3,(H,14,16)/t10-,13-/m1/s1. The number of carbonyl (C=O) groups is 2. The van der Waals surface area contributed by atoms with Crippen LogP contribution in [0.4, 0.5) is 0 Å². The van der Waals surface area contributed by atoms with E-state index in [-0.39, 0.29) is 18.4 Å². The van der Waals surface area contributed by atoms with Crippen LogP contribution in [-0.2, 0) is 9.59 Å². The van der Waals surface area contributed by atoms with Gasteiger partial charge in [0.1, 0.15) is 0 Å². The van der Waals surface area contributed by atoms with Crippen LogP contribution in [0, 0.1) is 11.3 Å². The smallest absolute Gasteiger partial charge is 0.241 e. The SMILES string of the molecule is CC(=O)NCC(=O)N1CC[C@@]2(CC[C@@H](C)C2)C1. The first-order valence-corrected chi connectivity index (χ1v) is 6.53. The highest BCUT2D eigenvalue weighted by atomic mass is 16.2. The van der Waals surface area contributed by atoms with E-state index in [1.807, 2.05) is 4.90 Å². The second kappa shape index (κ2) is 4.67. The van der Waals surface area contributed by atoms with E-state index in [4.69, 9.17) is 0 Å². The number of hydrogen-bond acceptors (Lipinski definition) is 2. The van der Waals surface area contributed by atoms with Gasteiger partial charge in [-0.3, -0.25) is 9.59 Å². The Labute approximate surface area is 103 Å². The summed E-state index contributed by atoms with van der Waals surface area (Å²) in [5.41, 5.74) is 0.394. The molecule has 4 heteroatoms. The summed E-state index contributed by atoms with van der Waals surface area (Å²) in [6.07, 6.45) is 4.96. The molecule has 1 saturated carbocycles. The first-order valence-electron chi connectivity index (χ1n) is 6.53. The van der Waals surface area contributed by atoms with E-state index >= 15 is 0 Å². The van der Waals surface area contributed by atoms with E-state index in [0.29, 0.717) is 5.41 Å². The van der Waals surface area contributed by atoms with Gasteiger partial charge in [0.05, 0.1) is 6.54 Å². The zero-order valence-electron chi connectivity index (χ0n) is 10.8. The van der Waals surface area contributed by atoms with Gasteiger partial charge < -0.3 is 10.2 Å². The predicted molar refractivity (Wildman–Crippen MR) is 65.3 cm³/mol. The van der Waals surface area contributed by atoms with Crippen LogP contribution >= 0.6 is 0 Å². The van der Waals surface area contributed by atoms with Crippen LogP contribution in [0.25, 0.3) is 0 Å². The molecule has 2 aliphatic rings. The molecule has 2 atom stereocenters. The van der Waals surface area contributed by atoms with Gasteiger partial charge in [0.15, 0.2) is 0 Å². The molecule has 0 aromatic heterocycles. The Hall–Kier alpha value is -1.06. The molecule has 0 bridgehead atoms. The molecule has 1 saturated heterocycles. The molecule has 2 rings (SSSR count). The van der Waals surface area contributed by atoms with Crippen LogP contribution in [0.15, 0.2) is 0 Å². The molecule has 4 nitrogen and oxygen atoms in total. The van der Waals surface area contributed by atoms with Gasteiger partial charge in [-0.05, 0) is 30.6 Å². The van der Waals surface area contributed by atoms with Crippen molar-refractivity contribution in [3.8, 4) is 0 Å². The molecule has 2 fully saturated rings. The molecule has 2 amide bonds. The summed E-state index contributed by atoms with van der Waals surface area (Å²) in [5.74, 6) is 0.735. The van der Waals surface area contributed by atoms with Crippen LogP contribution in [0.3, 0.4) is 0 Å². The lowest BCUT2D eigenvalue weighted by Gasteiger charge is -2.24. The summed E-state index contributed by atoms with van der Waals surface area (Å²) in [6, 6.07) is 0. The summed E-state index contributed by atoms with van der Waals surface area (Å²) < 4.78 is 0. The number of amides is 2. The quantitative estimate of drug-likeness (QED) is 0.785. The summed E-state index contributed by atoms with van der Waals surface area (Å²) in [6.45, 7) is 5.66. The first-order chi connectivity index (χ1) is 8.01. The Bertz CT molecular complexity index is 329. The van der Waals surface area contributed by atoms with Gasteiger partial charge >= 0.3 is 0 Å². The van der Waals surface area contributed by atoms with E-state index < -0.39 is 0 Å². The van der Waals surface area contributed by atoms with E-state index in [1.54, 1.807) is 0 Å². The number of likely N-dealkylation sites (tertiary alicyclic amines) is 1. The molecule has 0 unspecified atom stereocenters. The minimum absolute atomic E-state index is 0.0663. The summed E-state index contributed by atoms with van der Waals surface area (Å²) >= 11 is 0. The molecular weight excluding hydrogens is 216 g/mol. The summed E-state index contributed by atoms with van der Waals surface area (Å²) in [5, 5.41) is 2.58. The van der Waals surface area contributed by atoms with Crippen molar-refractivity contribution in [2.24, 2.45) is 11.3 Å². The third-order valence-electron chi connectivity index (χ3n) is 4.23. The zero-order valence-corrected chi connectivity index (χ0v) is 10.8. The van der Waals surface area contributed by atoms with Crippen molar-refractivity contribution < 1.29 is 9.59 Å². The Morgan fingerprint density at radius 2 is 2.18 bits per heavy atom. The van der Waals surface area contributed by atoms with Gasteiger partial charge in [-0.25, -0.2) is 0 Å². The van der Waals surface area contributed by atoms with Gasteiger partial charge in [0, 0.05) is 20.0 Å². The van der Waals surface area contributed by atoms with Gasteiger partial charge in [-0.1, -0.05) is 13.3 Å². The van der Waals surface area contributed by atoms with Crippen LogP contribution in [0.1, 0.15) is 39.5 Å². The number of carbonyl (C=O) groups excluding carboxylic acids is 2. The predicted octanol–water partition coefficient (Wildman–Crippen LogP) is 1.16. The molecule has 1 aliphatic heterocycles. The monoisotopic (exact) mass is 238 g/mol. The fourth-order valence-electron chi connectivity index (χ4n) is 3.33. The highest BCUT2D eigenvalue weighted by Crippen LogP contribution is 2.47. The van der Waals surface area contributed by atoms with E-state index in [1.165, 1.54) is 26.2 Å². The van der Waals surface area contributed by atoms with Gasteiger partial charge in [-0.15, -0.1) is 0 Å². The minimum Gasteiger partial charge on any atom is -0.347 e. The lowest BCUT2D eigenvalue weighted by atomic mass is 9.85. The second-order valence-electron chi connectivity index (χ2n) is 5.82. The Morgan fingerprint density at radius 1 is 1.41 bits per heavy atom. The molecule has 1 aliphatic carbocycles. The molecular formula is C13H22N2O2. The van der Waals surface area contributed by atoms with Gasteiger partial charge in [0.2, 0.25) is 11.8 Å². The average molecular weight is 238 g/mol. The minimum atomic E-state index is -0.137. The number of nitrogens with zero attached hydrogens (tertiary/aromatic N) is 1. The maximum atomic E-state index is 11.9. The van der Waals surface area contributed by atoms with Crippen molar-refractivity contribution in [2.45, 2.75) is 39.5 Å². The molecule has 1 heterocycles. The van der Waals surface area contributed by atoms with E-state index in [9.17, 15) is 9.59 Å². The van der Waals surface area contributed by atoms with Crippen LogP contribution < -0.4 is 5.32 Å². The maximum Gasteiger partial charge on any atom is 0.241 e. The van der Waals surface area contributed by atoms with Crippen molar-refractivity contribution >= 4 is 11.8 Å². The molecule has 0 aromatic rings. The fourth-order valence-corrected chi connectivity index (χ4v) is 3.33. The van der Waals surface area contributed by atoms with Crippen molar-refractivity contribution in [3.05, 3.63) is 0 Å². The molecule has 0 radical (unpaired) electrons. The second-order valence-corrected chi connectivity index (χ2v) is 5.82. The Balaban J connectivity index is 1.85. The van der Waals surface area contributed by atoms with Crippen LogP contribution in [0.2, 0.25) is 0 Å². The molecule has 96 valence electrons. The zero-order chi connectivity index (χ0) is 12.5. The third-order valence-corrected chi connectivity index (χ3v) is 4.23. The number of rotatable bonds is 2. The summed E-state index contributed by atoms with van der Waals surface area (Å²) in [7, 11) is 0. The van der Waals surface area contributed by atoms with Crippen molar-refractivity contribution in [2.75, 3.05) is 19.6 Å². The fraction of sp³-hybridized carbons (Fsp3) is 0.846.